The minimum Gasteiger partial charge on any atom is -0.377 e. The number of nitrogens with zero attached hydrogens (tertiary/aromatic N) is 1. The Kier molecular flexibility index (Phi) is 7.56. The normalized spacial score (nSPS) is 38.6. The monoisotopic (exact) mass is 406 g/mol. The van der Waals surface area contributed by atoms with E-state index in [9.17, 15) is 9.59 Å². The lowest BCUT2D eigenvalue weighted by Crippen LogP contribution is -2.66. The molecule has 0 spiro atoms. The van der Waals surface area contributed by atoms with Crippen molar-refractivity contribution in [2.75, 3.05) is 32.8 Å². The van der Waals surface area contributed by atoms with Crippen LogP contribution in [0.25, 0.3) is 0 Å². The highest BCUT2D eigenvalue weighted by atomic mass is 16.5. The van der Waals surface area contributed by atoms with E-state index in [0.717, 1.165) is 45.3 Å². The second-order valence-electron chi connectivity index (χ2n) is 9.36. The maximum Gasteiger partial charge on any atom is 0.290 e. The maximum atomic E-state index is 12.3. The van der Waals surface area contributed by atoms with Gasteiger partial charge < -0.3 is 15.4 Å². The van der Waals surface area contributed by atoms with Crippen molar-refractivity contribution in [1.29, 1.82) is 0 Å². The first-order chi connectivity index (χ1) is 14.2. The molecule has 164 valence electrons. The number of hydrogen-bond acceptors (Lipinski definition) is 6. The predicted octanol–water partition coefficient (Wildman–Crippen LogP) is 1.17. The first-order valence-electron chi connectivity index (χ1n) is 11.9. The summed E-state index contributed by atoms with van der Waals surface area (Å²) in [6, 6.07) is 0.194. The van der Waals surface area contributed by atoms with Crippen molar-refractivity contribution in [1.82, 2.24) is 20.9 Å². The van der Waals surface area contributed by atoms with Crippen LogP contribution in [-0.4, -0.2) is 73.7 Å². The average molecular weight is 407 g/mol. The van der Waals surface area contributed by atoms with E-state index in [1.54, 1.807) is 0 Å². The van der Waals surface area contributed by atoms with Gasteiger partial charge in [0, 0.05) is 12.6 Å². The molecule has 7 nitrogen and oxygen atoms in total. The molecule has 5 rings (SSSR count). The number of Topliss-reactive ketones (excluding diaryl/α,β-unsaturated/α-hetero) is 1. The molecule has 1 saturated carbocycles. The maximum absolute atomic E-state index is 12.3. The average Bonchev–Trinajstić information content (AvgIpc) is 3.18. The predicted molar refractivity (Wildman–Crippen MR) is 111 cm³/mol. The van der Waals surface area contributed by atoms with Crippen LogP contribution in [0.5, 0.6) is 0 Å². The Morgan fingerprint density at radius 3 is 2.55 bits per heavy atom. The Hall–Kier alpha value is -1.02. The summed E-state index contributed by atoms with van der Waals surface area (Å²) in [6.45, 7) is 4.74. The standard InChI is InChI=1S/C22H38N4O3/c27-20-19-14-23-11-3-1-2-4-12-26-13-5-6-17(26)15-29-18-9-7-16(8-10-18)21(24-19)25-22(20)28/h16-19,21,23-24H,1-15H2,(H,25,28). The highest BCUT2D eigenvalue weighted by Gasteiger charge is 2.38. The molecule has 3 N–H and O–H groups in total. The molecule has 1 aliphatic carbocycles. The Balaban J connectivity index is 1.36. The molecule has 29 heavy (non-hydrogen) atoms. The minimum absolute atomic E-state index is 0.0969. The molecular formula is C22H38N4O3. The third-order valence-corrected chi connectivity index (χ3v) is 7.32. The van der Waals surface area contributed by atoms with Crippen LogP contribution in [0.4, 0.5) is 0 Å². The van der Waals surface area contributed by atoms with Gasteiger partial charge in [-0.3, -0.25) is 19.8 Å². The van der Waals surface area contributed by atoms with Gasteiger partial charge in [-0.15, -0.1) is 0 Å². The van der Waals surface area contributed by atoms with Crippen LogP contribution < -0.4 is 16.0 Å². The largest absolute Gasteiger partial charge is 0.377 e. The summed E-state index contributed by atoms with van der Waals surface area (Å²) in [5.41, 5.74) is 0. The SMILES string of the molecule is O=C1NC2NC(CNCCCCCCN3CCCC3COC3CCC2CC3)C1=O. The van der Waals surface area contributed by atoms with E-state index in [-0.39, 0.29) is 11.9 Å². The zero-order valence-electron chi connectivity index (χ0n) is 17.7. The molecule has 5 fully saturated rings. The second kappa shape index (κ2) is 10.3. The van der Waals surface area contributed by atoms with Crippen molar-refractivity contribution < 1.29 is 14.3 Å². The van der Waals surface area contributed by atoms with E-state index in [0.29, 0.717) is 24.6 Å². The zero-order valence-corrected chi connectivity index (χ0v) is 17.7. The summed E-state index contributed by atoms with van der Waals surface area (Å²) < 4.78 is 6.34. The summed E-state index contributed by atoms with van der Waals surface area (Å²) in [5, 5.41) is 9.71. The third-order valence-electron chi connectivity index (χ3n) is 7.32. The van der Waals surface area contributed by atoms with Gasteiger partial charge >= 0.3 is 0 Å². The number of fused-ring (bicyclic) bond motifs is 10. The molecule has 0 aromatic heterocycles. The number of rotatable bonds is 0. The summed E-state index contributed by atoms with van der Waals surface area (Å²) in [5.74, 6) is -0.386. The zero-order chi connectivity index (χ0) is 20.1. The fraction of sp³-hybridized carbons (Fsp3) is 0.909. The number of ether oxygens (including phenoxy) is 1. The summed E-state index contributed by atoms with van der Waals surface area (Å²) in [6.07, 6.45) is 11.8. The van der Waals surface area contributed by atoms with E-state index in [4.69, 9.17) is 4.74 Å². The van der Waals surface area contributed by atoms with Gasteiger partial charge in [0.15, 0.2) is 0 Å². The van der Waals surface area contributed by atoms with Crippen LogP contribution >= 0.6 is 0 Å². The highest BCUT2D eigenvalue weighted by molar-refractivity contribution is 6.38. The van der Waals surface area contributed by atoms with Gasteiger partial charge in [-0.05, 0) is 76.9 Å². The highest BCUT2D eigenvalue weighted by Crippen LogP contribution is 2.30. The number of amides is 1. The van der Waals surface area contributed by atoms with Gasteiger partial charge in [0.1, 0.15) is 0 Å². The quantitative estimate of drug-likeness (QED) is 0.524. The lowest BCUT2D eigenvalue weighted by molar-refractivity contribution is -0.143. The molecule has 4 aliphatic heterocycles. The van der Waals surface area contributed by atoms with Crippen molar-refractivity contribution >= 4 is 11.7 Å². The molecular weight excluding hydrogens is 368 g/mol. The van der Waals surface area contributed by atoms with Crippen LogP contribution in [0.1, 0.15) is 64.2 Å². The van der Waals surface area contributed by atoms with Crippen molar-refractivity contribution in [2.45, 2.75) is 88.6 Å². The number of carbonyl (C=O) groups excluding carboxylic acids is 2. The number of carbonyl (C=O) groups is 2. The van der Waals surface area contributed by atoms with E-state index in [1.165, 1.54) is 45.2 Å². The minimum atomic E-state index is -0.425. The lowest BCUT2D eigenvalue weighted by atomic mass is 9.84. The fourth-order valence-corrected chi connectivity index (χ4v) is 5.49. The van der Waals surface area contributed by atoms with Crippen LogP contribution in [0, 0.1) is 5.92 Å². The van der Waals surface area contributed by atoms with E-state index >= 15 is 0 Å². The molecule has 7 heteroatoms. The Morgan fingerprint density at radius 2 is 1.69 bits per heavy atom. The molecule has 0 radical (unpaired) electrons. The van der Waals surface area contributed by atoms with Crippen LogP contribution in [0.15, 0.2) is 0 Å². The molecule has 4 heterocycles. The van der Waals surface area contributed by atoms with Gasteiger partial charge in [-0.2, -0.15) is 0 Å². The first-order valence-corrected chi connectivity index (χ1v) is 11.9. The van der Waals surface area contributed by atoms with E-state index < -0.39 is 11.9 Å². The van der Waals surface area contributed by atoms with Crippen molar-refractivity contribution in [3.63, 3.8) is 0 Å². The van der Waals surface area contributed by atoms with Gasteiger partial charge in [0.2, 0.25) is 5.78 Å². The first kappa shape index (κ1) is 21.2. The molecule has 0 aromatic carbocycles. The van der Waals surface area contributed by atoms with Gasteiger partial charge in [0.05, 0.1) is 24.9 Å². The Bertz CT molecular complexity index is 564. The van der Waals surface area contributed by atoms with Gasteiger partial charge in [-0.1, -0.05) is 12.8 Å². The summed E-state index contributed by atoms with van der Waals surface area (Å²) >= 11 is 0. The van der Waals surface area contributed by atoms with Crippen molar-refractivity contribution in [3.8, 4) is 0 Å². The molecule has 1 amide bonds. The molecule has 5 aliphatic rings. The van der Waals surface area contributed by atoms with E-state index in [1.807, 2.05) is 0 Å². The van der Waals surface area contributed by atoms with Gasteiger partial charge in [-0.25, -0.2) is 0 Å². The van der Waals surface area contributed by atoms with Crippen LogP contribution in [0.3, 0.4) is 0 Å². The smallest absolute Gasteiger partial charge is 0.290 e. The van der Waals surface area contributed by atoms with Crippen molar-refractivity contribution in [3.05, 3.63) is 0 Å². The molecule has 3 atom stereocenters. The molecule has 0 aromatic rings. The topological polar surface area (TPSA) is 82.7 Å². The Morgan fingerprint density at radius 1 is 0.897 bits per heavy atom. The summed E-state index contributed by atoms with van der Waals surface area (Å²) in [7, 11) is 0. The van der Waals surface area contributed by atoms with Gasteiger partial charge in [0.25, 0.3) is 5.91 Å². The van der Waals surface area contributed by atoms with E-state index in [2.05, 4.69) is 20.9 Å². The molecule has 3 unspecified atom stereocenters. The second-order valence-corrected chi connectivity index (χ2v) is 9.36. The number of ketones is 1. The third kappa shape index (κ3) is 5.57. The molecule has 4 saturated heterocycles. The van der Waals surface area contributed by atoms with Crippen molar-refractivity contribution in [2.24, 2.45) is 5.92 Å². The Labute approximate surface area is 174 Å². The summed E-state index contributed by atoms with van der Waals surface area (Å²) in [4.78, 5) is 27.1. The number of hydrogen-bond donors (Lipinski definition) is 3. The fourth-order valence-electron chi connectivity index (χ4n) is 5.49. The molecule has 4 bridgehead atoms. The number of nitrogens with one attached hydrogen (secondary N) is 3. The van der Waals surface area contributed by atoms with Crippen LogP contribution in [0.2, 0.25) is 0 Å². The van der Waals surface area contributed by atoms with Crippen LogP contribution in [-0.2, 0) is 14.3 Å². The lowest BCUT2D eigenvalue weighted by Gasteiger charge is -2.39.